The highest BCUT2D eigenvalue weighted by Gasteiger charge is 2.25. The molecule has 1 fully saturated rings. The van der Waals surface area contributed by atoms with Gasteiger partial charge >= 0.3 is 12.0 Å². The van der Waals surface area contributed by atoms with E-state index in [4.69, 9.17) is 10.2 Å². The first-order valence-electron chi connectivity index (χ1n) is 6.55. The standard InChI is InChI=1S/C12H23N3O4/c1-9(2)7-14-3-5-15(6-4-14)12(19)13-10(8-16)11(17)18/h9-10,16H,3-8H2,1-2H3,(H,13,19)(H,17,18). The molecule has 3 N–H and O–H groups in total. The van der Waals surface area contributed by atoms with E-state index >= 15 is 0 Å². The third-order valence-electron chi connectivity index (χ3n) is 3.06. The molecule has 0 aromatic rings. The number of carboxylic acids is 1. The second-order valence-corrected chi connectivity index (χ2v) is 5.20. The minimum Gasteiger partial charge on any atom is -0.480 e. The Morgan fingerprint density at radius 2 is 1.79 bits per heavy atom. The van der Waals surface area contributed by atoms with Crippen molar-refractivity contribution in [2.45, 2.75) is 19.9 Å². The van der Waals surface area contributed by atoms with Crippen LogP contribution >= 0.6 is 0 Å². The zero-order valence-corrected chi connectivity index (χ0v) is 11.5. The molecular formula is C12H23N3O4. The van der Waals surface area contributed by atoms with Crippen LogP contribution in [0, 0.1) is 5.92 Å². The van der Waals surface area contributed by atoms with Gasteiger partial charge in [0, 0.05) is 32.7 Å². The Morgan fingerprint density at radius 3 is 2.21 bits per heavy atom. The van der Waals surface area contributed by atoms with Crippen LogP contribution in [-0.2, 0) is 4.79 Å². The summed E-state index contributed by atoms with van der Waals surface area (Å²) in [5.41, 5.74) is 0. The maximum atomic E-state index is 11.8. The quantitative estimate of drug-likeness (QED) is 0.623. The maximum absolute atomic E-state index is 11.8. The van der Waals surface area contributed by atoms with Gasteiger partial charge in [-0.3, -0.25) is 4.90 Å². The van der Waals surface area contributed by atoms with E-state index in [9.17, 15) is 9.59 Å². The zero-order valence-electron chi connectivity index (χ0n) is 11.5. The molecule has 1 rings (SSSR count). The van der Waals surface area contributed by atoms with Gasteiger partial charge in [-0.05, 0) is 5.92 Å². The van der Waals surface area contributed by atoms with Crippen molar-refractivity contribution in [3.05, 3.63) is 0 Å². The summed E-state index contributed by atoms with van der Waals surface area (Å²) in [6, 6.07) is -1.66. The second-order valence-electron chi connectivity index (χ2n) is 5.20. The van der Waals surface area contributed by atoms with Crippen LogP contribution in [0.1, 0.15) is 13.8 Å². The van der Waals surface area contributed by atoms with Crippen LogP contribution in [0.25, 0.3) is 0 Å². The number of carbonyl (C=O) groups excluding carboxylic acids is 1. The highest BCUT2D eigenvalue weighted by molar-refractivity contribution is 5.82. The van der Waals surface area contributed by atoms with Crippen molar-refractivity contribution in [3.8, 4) is 0 Å². The normalized spacial score (nSPS) is 18.4. The van der Waals surface area contributed by atoms with Gasteiger partial charge in [0.2, 0.25) is 0 Å². The largest absolute Gasteiger partial charge is 0.480 e. The molecule has 1 atom stereocenters. The zero-order chi connectivity index (χ0) is 14.4. The van der Waals surface area contributed by atoms with Gasteiger partial charge in [-0.15, -0.1) is 0 Å². The Kier molecular flexibility index (Phi) is 6.04. The van der Waals surface area contributed by atoms with Crippen molar-refractivity contribution >= 4 is 12.0 Å². The van der Waals surface area contributed by atoms with Gasteiger partial charge in [-0.2, -0.15) is 0 Å². The third kappa shape index (κ3) is 5.04. The van der Waals surface area contributed by atoms with Crippen molar-refractivity contribution in [1.29, 1.82) is 0 Å². The smallest absolute Gasteiger partial charge is 0.328 e. The van der Waals surface area contributed by atoms with E-state index in [-0.39, 0.29) is 0 Å². The molecule has 1 saturated heterocycles. The van der Waals surface area contributed by atoms with Crippen molar-refractivity contribution in [2.75, 3.05) is 39.3 Å². The van der Waals surface area contributed by atoms with E-state index < -0.39 is 24.6 Å². The molecular weight excluding hydrogens is 250 g/mol. The van der Waals surface area contributed by atoms with Crippen molar-refractivity contribution in [3.63, 3.8) is 0 Å². The number of aliphatic carboxylic acids is 1. The minimum atomic E-state index is -1.24. The number of nitrogens with zero attached hydrogens (tertiary/aromatic N) is 2. The molecule has 1 heterocycles. The number of carboxylic acid groups (broad SMARTS) is 1. The highest BCUT2D eigenvalue weighted by Crippen LogP contribution is 2.05. The van der Waals surface area contributed by atoms with Crippen LogP contribution in [0.5, 0.6) is 0 Å². The molecule has 0 spiro atoms. The SMILES string of the molecule is CC(C)CN1CCN(C(=O)NC(CO)C(=O)O)CC1. The minimum absolute atomic E-state index is 0.425. The van der Waals surface area contributed by atoms with Gasteiger partial charge in [-0.25, -0.2) is 9.59 Å². The molecule has 2 amide bonds. The van der Waals surface area contributed by atoms with E-state index in [1.165, 1.54) is 0 Å². The summed E-state index contributed by atoms with van der Waals surface area (Å²) in [6.45, 7) is 7.45. The summed E-state index contributed by atoms with van der Waals surface area (Å²) in [5.74, 6) is -0.638. The highest BCUT2D eigenvalue weighted by atomic mass is 16.4. The number of carbonyl (C=O) groups is 2. The number of urea groups is 1. The van der Waals surface area contributed by atoms with Crippen LogP contribution in [0.3, 0.4) is 0 Å². The fourth-order valence-electron chi connectivity index (χ4n) is 2.08. The molecule has 1 unspecified atom stereocenters. The Hall–Kier alpha value is -1.34. The predicted molar refractivity (Wildman–Crippen MR) is 69.9 cm³/mol. The number of amides is 2. The average Bonchev–Trinajstić information content (AvgIpc) is 2.35. The number of rotatable bonds is 5. The van der Waals surface area contributed by atoms with Crippen LogP contribution < -0.4 is 5.32 Å². The summed E-state index contributed by atoms with van der Waals surface area (Å²) in [4.78, 5) is 26.4. The Morgan fingerprint density at radius 1 is 1.21 bits per heavy atom. The van der Waals surface area contributed by atoms with Crippen LogP contribution in [0.2, 0.25) is 0 Å². The Bertz CT molecular complexity index is 314. The molecule has 0 radical (unpaired) electrons. The number of nitrogens with one attached hydrogen (secondary N) is 1. The molecule has 19 heavy (non-hydrogen) atoms. The molecule has 1 aliphatic rings. The predicted octanol–water partition coefficient (Wildman–Crippen LogP) is -0.585. The average molecular weight is 273 g/mol. The van der Waals surface area contributed by atoms with E-state index in [1.54, 1.807) is 4.90 Å². The van der Waals surface area contributed by atoms with Gasteiger partial charge in [0.05, 0.1) is 6.61 Å². The monoisotopic (exact) mass is 273 g/mol. The Balaban J connectivity index is 2.38. The summed E-state index contributed by atoms with van der Waals surface area (Å²) in [6.07, 6.45) is 0. The number of hydrogen-bond acceptors (Lipinski definition) is 4. The van der Waals surface area contributed by atoms with E-state index in [0.29, 0.717) is 19.0 Å². The first-order valence-corrected chi connectivity index (χ1v) is 6.55. The molecule has 1 aliphatic heterocycles. The first kappa shape index (κ1) is 15.7. The fraction of sp³-hybridized carbons (Fsp3) is 0.833. The lowest BCUT2D eigenvalue weighted by Crippen LogP contribution is -2.55. The van der Waals surface area contributed by atoms with Gasteiger partial charge in [0.1, 0.15) is 0 Å². The maximum Gasteiger partial charge on any atom is 0.328 e. The fourth-order valence-corrected chi connectivity index (χ4v) is 2.08. The van der Waals surface area contributed by atoms with E-state index in [2.05, 4.69) is 24.1 Å². The molecule has 0 aromatic heterocycles. The van der Waals surface area contributed by atoms with Gasteiger partial charge in [0.25, 0.3) is 0 Å². The van der Waals surface area contributed by atoms with Crippen molar-refractivity contribution in [2.24, 2.45) is 5.92 Å². The summed E-state index contributed by atoms with van der Waals surface area (Å²) >= 11 is 0. The van der Waals surface area contributed by atoms with Gasteiger partial charge < -0.3 is 20.4 Å². The van der Waals surface area contributed by atoms with E-state index in [1.807, 2.05) is 0 Å². The molecule has 0 bridgehead atoms. The lowest BCUT2D eigenvalue weighted by Gasteiger charge is -2.35. The summed E-state index contributed by atoms with van der Waals surface area (Å²) < 4.78 is 0. The van der Waals surface area contributed by atoms with Crippen molar-refractivity contribution < 1.29 is 19.8 Å². The molecule has 0 aliphatic carbocycles. The van der Waals surface area contributed by atoms with Crippen molar-refractivity contribution in [1.82, 2.24) is 15.1 Å². The topological polar surface area (TPSA) is 93.1 Å². The molecule has 7 heteroatoms. The number of piperazine rings is 1. The van der Waals surface area contributed by atoms with Crippen LogP contribution in [0.4, 0.5) is 4.79 Å². The number of hydrogen-bond donors (Lipinski definition) is 3. The number of aliphatic hydroxyl groups is 1. The van der Waals surface area contributed by atoms with Gasteiger partial charge in [0.15, 0.2) is 6.04 Å². The van der Waals surface area contributed by atoms with E-state index in [0.717, 1.165) is 19.6 Å². The summed E-state index contributed by atoms with van der Waals surface area (Å²) in [7, 11) is 0. The third-order valence-corrected chi connectivity index (χ3v) is 3.06. The molecule has 7 nitrogen and oxygen atoms in total. The number of aliphatic hydroxyl groups excluding tert-OH is 1. The summed E-state index contributed by atoms with van der Waals surface area (Å²) in [5, 5.41) is 19.9. The van der Waals surface area contributed by atoms with Gasteiger partial charge in [-0.1, -0.05) is 13.8 Å². The van der Waals surface area contributed by atoms with Crippen LogP contribution in [0.15, 0.2) is 0 Å². The molecule has 110 valence electrons. The second kappa shape index (κ2) is 7.30. The first-order chi connectivity index (χ1) is 8.93. The van der Waals surface area contributed by atoms with Crippen LogP contribution in [-0.4, -0.2) is 77.4 Å². The lowest BCUT2D eigenvalue weighted by molar-refractivity contribution is -0.140. The molecule has 0 aromatic carbocycles. The Labute approximate surface area is 113 Å². The lowest BCUT2D eigenvalue weighted by atomic mass is 10.2. The molecule has 0 saturated carbocycles.